The summed E-state index contributed by atoms with van der Waals surface area (Å²) in [6.07, 6.45) is 1.73. The first-order valence-corrected chi connectivity index (χ1v) is 11.0. The van der Waals surface area contributed by atoms with E-state index in [1.807, 2.05) is 39.0 Å². The highest BCUT2D eigenvalue weighted by Gasteiger charge is 2.24. The summed E-state index contributed by atoms with van der Waals surface area (Å²) in [5, 5.41) is 3.06. The second-order valence-corrected chi connectivity index (χ2v) is 8.44. The molecule has 6 nitrogen and oxygen atoms in total. The highest BCUT2D eigenvalue weighted by molar-refractivity contribution is 5.94. The summed E-state index contributed by atoms with van der Waals surface area (Å²) < 4.78 is 1.64. The van der Waals surface area contributed by atoms with Gasteiger partial charge >= 0.3 is 0 Å². The van der Waals surface area contributed by atoms with Gasteiger partial charge in [0.1, 0.15) is 0 Å². The van der Waals surface area contributed by atoms with Crippen LogP contribution >= 0.6 is 0 Å². The molecule has 1 aliphatic heterocycles. The minimum atomic E-state index is -0.367. The molecule has 0 aliphatic carbocycles. The summed E-state index contributed by atoms with van der Waals surface area (Å²) >= 11 is 0. The van der Waals surface area contributed by atoms with E-state index >= 15 is 0 Å². The number of hydrogen-bond donors (Lipinski definition) is 1. The van der Waals surface area contributed by atoms with Crippen molar-refractivity contribution in [2.45, 2.75) is 52.7 Å². The number of piperidine rings is 1. The van der Waals surface area contributed by atoms with Crippen LogP contribution in [0.25, 0.3) is 11.0 Å². The van der Waals surface area contributed by atoms with Crippen LogP contribution in [0, 0.1) is 13.8 Å². The Labute approximate surface area is 182 Å². The van der Waals surface area contributed by atoms with Gasteiger partial charge in [-0.1, -0.05) is 30.3 Å². The lowest BCUT2D eigenvalue weighted by Crippen LogP contribution is -2.46. The van der Waals surface area contributed by atoms with Crippen molar-refractivity contribution in [3.63, 3.8) is 0 Å². The molecule has 6 heteroatoms. The first-order chi connectivity index (χ1) is 15.0. The first kappa shape index (κ1) is 21.2. The van der Waals surface area contributed by atoms with Crippen LogP contribution in [0.2, 0.25) is 0 Å². The van der Waals surface area contributed by atoms with E-state index in [0.717, 1.165) is 49.1 Å². The van der Waals surface area contributed by atoms with Gasteiger partial charge in [0.25, 0.3) is 11.5 Å². The number of nitrogens with one attached hydrogen (secondary N) is 1. The monoisotopic (exact) mass is 418 g/mol. The highest BCUT2D eigenvalue weighted by atomic mass is 16.2. The van der Waals surface area contributed by atoms with Crippen molar-refractivity contribution in [1.82, 2.24) is 19.8 Å². The largest absolute Gasteiger partial charge is 0.348 e. The molecule has 0 radical (unpaired) electrons. The third-order valence-electron chi connectivity index (χ3n) is 6.26. The standard InChI is InChI=1S/C25H30N4O2/c1-4-29-22-15-18(3)17(2)14-21(22)27-23(25(29)31)24(30)26-20-10-12-28(13-11-20)16-19-8-6-5-7-9-19/h5-9,14-15,20H,4,10-13,16H2,1-3H3,(H,26,30). The van der Waals surface area contributed by atoms with E-state index in [1.165, 1.54) is 5.56 Å². The molecule has 2 heterocycles. The number of rotatable bonds is 5. The molecule has 0 bridgehead atoms. The predicted octanol–water partition coefficient (Wildman–Crippen LogP) is 3.43. The fourth-order valence-electron chi connectivity index (χ4n) is 4.29. The van der Waals surface area contributed by atoms with Crippen molar-refractivity contribution in [3.8, 4) is 0 Å². The zero-order chi connectivity index (χ0) is 22.0. The van der Waals surface area contributed by atoms with Crippen LogP contribution in [0.3, 0.4) is 0 Å². The number of aryl methyl sites for hydroxylation is 3. The van der Waals surface area contributed by atoms with E-state index in [9.17, 15) is 9.59 Å². The number of nitrogens with zero attached hydrogens (tertiary/aromatic N) is 3. The molecule has 1 amide bonds. The fraction of sp³-hybridized carbons (Fsp3) is 0.400. The van der Waals surface area contributed by atoms with Gasteiger partial charge in [0.05, 0.1) is 11.0 Å². The molecule has 0 unspecified atom stereocenters. The highest BCUT2D eigenvalue weighted by Crippen LogP contribution is 2.18. The number of amides is 1. The third kappa shape index (κ3) is 4.54. The minimum Gasteiger partial charge on any atom is -0.348 e. The van der Waals surface area contributed by atoms with Gasteiger partial charge < -0.3 is 9.88 Å². The maximum absolute atomic E-state index is 13.0. The number of benzene rings is 2. The smallest absolute Gasteiger partial charge is 0.282 e. The second kappa shape index (κ2) is 9.02. The lowest BCUT2D eigenvalue weighted by Gasteiger charge is -2.32. The number of carbonyl (C=O) groups excluding carboxylic acids is 1. The van der Waals surface area contributed by atoms with E-state index in [1.54, 1.807) is 4.57 Å². The summed E-state index contributed by atoms with van der Waals surface area (Å²) in [6.45, 7) is 9.21. The molecule has 0 atom stereocenters. The molecule has 1 aliphatic rings. The Kier molecular flexibility index (Phi) is 6.18. The van der Waals surface area contributed by atoms with Gasteiger partial charge in [-0.2, -0.15) is 0 Å². The Hall–Kier alpha value is -2.99. The summed E-state index contributed by atoms with van der Waals surface area (Å²) in [5.41, 5.74) is 4.64. The molecule has 1 fully saturated rings. The summed E-state index contributed by atoms with van der Waals surface area (Å²) in [5.74, 6) is -0.367. The molecule has 1 saturated heterocycles. The van der Waals surface area contributed by atoms with Crippen molar-refractivity contribution < 1.29 is 4.79 Å². The lowest BCUT2D eigenvalue weighted by molar-refractivity contribution is 0.0902. The van der Waals surface area contributed by atoms with Crippen LogP contribution in [0.1, 0.15) is 46.9 Å². The van der Waals surface area contributed by atoms with Crippen LogP contribution in [-0.2, 0) is 13.1 Å². The number of hydrogen-bond acceptors (Lipinski definition) is 4. The van der Waals surface area contributed by atoms with Crippen LogP contribution in [0.5, 0.6) is 0 Å². The molecule has 1 N–H and O–H groups in total. The molecule has 0 saturated carbocycles. The van der Waals surface area contributed by atoms with Gasteiger partial charge in [-0.15, -0.1) is 0 Å². The normalized spacial score (nSPS) is 15.3. The lowest BCUT2D eigenvalue weighted by atomic mass is 10.0. The topological polar surface area (TPSA) is 67.2 Å². The van der Waals surface area contributed by atoms with Gasteiger partial charge in [0, 0.05) is 32.2 Å². The predicted molar refractivity (Wildman–Crippen MR) is 123 cm³/mol. The van der Waals surface area contributed by atoms with Crippen LogP contribution in [0.15, 0.2) is 47.3 Å². The molecule has 31 heavy (non-hydrogen) atoms. The van der Waals surface area contributed by atoms with E-state index in [4.69, 9.17) is 0 Å². The SMILES string of the molecule is CCn1c(=O)c(C(=O)NC2CCN(Cc3ccccc3)CC2)nc2cc(C)c(C)cc21. The minimum absolute atomic E-state index is 0.00989. The van der Waals surface area contributed by atoms with Gasteiger partial charge in [0.2, 0.25) is 0 Å². The van der Waals surface area contributed by atoms with Gasteiger partial charge in [-0.3, -0.25) is 14.5 Å². The Morgan fingerprint density at radius 1 is 1.10 bits per heavy atom. The van der Waals surface area contributed by atoms with Gasteiger partial charge in [-0.25, -0.2) is 4.98 Å². The van der Waals surface area contributed by atoms with Crippen LogP contribution in [0.4, 0.5) is 0 Å². The maximum Gasteiger partial charge on any atom is 0.282 e. The molecular weight excluding hydrogens is 388 g/mol. The first-order valence-electron chi connectivity index (χ1n) is 11.0. The van der Waals surface area contributed by atoms with Crippen LogP contribution < -0.4 is 10.9 Å². The van der Waals surface area contributed by atoms with E-state index in [2.05, 4.69) is 39.5 Å². The molecule has 3 aromatic rings. The zero-order valence-electron chi connectivity index (χ0n) is 18.5. The third-order valence-corrected chi connectivity index (χ3v) is 6.26. The second-order valence-electron chi connectivity index (χ2n) is 8.44. The number of likely N-dealkylation sites (tertiary alicyclic amines) is 1. The number of aromatic nitrogens is 2. The number of fused-ring (bicyclic) bond motifs is 1. The van der Waals surface area contributed by atoms with Crippen LogP contribution in [-0.4, -0.2) is 39.5 Å². The van der Waals surface area contributed by atoms with E-state index < -0.39 is 0 Å². The van der Waals surface area contributed by atoms with Crippen molar-refractivity contribution in [1.29, 1.82) is 0 Å². The average Bonchev–Trinajstić information content (AvgIpc) is 2.77. The van der Waals surface area contributed by atoms with E-state index in [-0.39, 0.29) is 23.2 Å². The molecule has 162 valence electrons. The molecule has 2 aromatic carbocycles. The Balaban J connectivity index is 1.47. The summed E-state index contributed by atoms with van der Waals surface area (Å²) in [7, 11) is 0. The Morgan fingerprint density at radius 3 is 2.45 bits per heavy atom. The Morgan fingerprint density at radius 2 is 1.77 bits per heavy atom. The molecule has 0 spiro atoms. The van der Waals surface area contributed by atoms with Crippen molar-refractivity contribution >= 4 is 16.9 Å². The van der Waals surface area contributed by atoms with Crippen molar-refractivity contribution in [3.05, 3.63) is 75.2 Å². The van der Waals surface area contributed by atoms with E-state index in [0.29, 0.717) is 12.1 Å². The van der Waals surface area contributed by atoms with Crippen molar-refractivity contribution in [2.75, 3.05) is 13.1 Å². The summed E-state index contributed by atoms with van der Waals surface area (Å²) in [6, 6.07) is 14.4. The van der Waals surface area contributed by atoms with Crippen molar-refractivity contribution in [2.24, 2.45) is 0 Å². The molecular formula is C25H30N4O2. The molecule has 1 aromatic heterocycles. The summed E-state index contributed by atoms with van der Waals surface area (Å²) in [4.78, 5) is 32.8. The quantitative estimate of drug-likeness (QED) is 0.689. The maximum atomic E-state index is 13.0. The molecule has 4 rings (SSSR count). The number of carbonyl (C=O) groups is 1. The van der Waals surface area contributed by atoms with Gasteiger partial charge in [-0.05, 0) is 62.4 Å². The Bertz CT molecular complexity index is 1150. The fourth-order valence-corrected chi connectivity index (χ4v) is 4.29. The van der Waals surface area contributed by atoms with Gasteiger partial charge in [0.15, 0.2) is 5.69 Å². The average molecular weight is 419 g/mol. The zero-order valence-corrected chi connectivity index (χ0v) is 18.5.